The van der Waals surface area contributed by atoms with Gasteiger partial charge < -0.3 is 10.2 Å². The van der Waals surface area contributed by atoms with E-state index in [1.54, 1.807) is 11.3 Å². The van der Waals surface area contributed by atoms with Crippen LogP contribution in [-0.4, -0.2) is 45.8 Å². The van der Waals surface area contributed by atoms with E-state index in [0.29, 0.717) is 19.4 Å². The molecule has 0 unspecified atom stereocenters. The lowest BCUT2D eigenvalue weighted by atomic mass is 9.93. The molecule has 0 atom stereocenters. The number of carbonyl (C=O) groups is 3. The van der Waals surface area contributed by atoms with Crippen LogP contribution in [0.3, 0.4) is 0 Å². The summed E-state index contributed by atoms with van der Waals surface area (Å²) in [4.78, 5) is 41.6. The summed E-state index contributed by atoms with van der Waals surface area (Å²) >= 11 is 1.61. The van der Waals surface area contributed by atoms with Crippen LogP contribution in [0.25, 0.3) is 0 Å². The van der Waals surface area contributed by atoms with Crippen molar-refractivity contribution >= 4 is 29.2 Å². The van der Waals surface area contributed by atoms with Gasteiger partial charge >= 0.3 is 6.03 Å². The molecule has 2 heterocycles. The Hall–Kier alpha value is -1.89. The quantitative estimate of drug-likeness (QED) is 0.768. The standard InChI is InChI=1S/C17H23N3O3S/c1-3-17(4-2)15(22)20(16(23)18-17)11-14(21)19(12-7-8-12)10-13-6-5-9-24-13/h5-6,9,12H,3-4,7-8,10-11H2,1-2H3,(H,18,23). The maximum absolute atomic E-state index is 12.7. The van der Waals surface area contributed by atoms with E-state index < -0.39 is 11.6 Å². The number of imide groups is 1. The van der Waals surface area contributed by atoms with Crippen LogP contribution >= 0.6 is 11.3 Å². The number of thiophene rings is 1. The van der Waals surface area contributed by atoms with Crippen molar-refractivity contribution in [3.63, 3.8) is 0 Å². The monoisotopic (exact) mass is 349 g/mol. The minimum Gasteiger partial charge on any atom is -0.333 e. The second-order valence-corrected chi connectivity index (χ2v) is 7.48. The van der Waals surface area contributed by atoms with Crippen molar-refractivity contribution in [1.82, 2.24) is 15.1 Å². The summed E-state index contributed by atoms with van der Waals surface area (Å²) in [6.45, 7) is 4.13. The Balaban J connectivity index is 1.71. The van der Waals surface area contributed by atoms with Crippen molar-refractivity contribution in [3.8, 4) is 0 Å². The van der Waals surface area contributed by atoms with Crippen LogP contribution in [0, 0.1) is 0 Å². The molecule has 6 nitrogen and oxygen atoms in total. The van der Waals surface area contributed by atoms with E-state index in [1.807, 2.05) is 36.3 Å². The van der Waals surface area contributed by atoms with Gasteiger partial charge in [0.05, 0.1) is 6.54 Å². The van der Waals surface area contributed by atoms with Crippen molar-refractivity contribution in [3.05, 3.63) is 22.4 Å². The second kappa shape index (κ2) is 6.55. The van der Waals surface area contributed by atoms with Gasteiger partial charge in [0.1, 0.15) is 12.1 Å². The smallest absolute Gasteiger partial charge is 0.325 e. The van der Waals surface area contributed by atoms with E-state index in [2.05, 4.69) is 5.32 Å². The molecular formula is C17H23N3O3S. The summed E-state index contributed by atoms with van der Waals surface area (Å²) in [6, 6.07) is 3.75. The predicted octanol–water partition coefficient (Wildman–Crippen LogP) is 2.35. The van der Waals surface area contributed by atoms with Gasteiger partial charge in [0.15, 0.2) is 0 Å². The summed E-state index contributed by atoms with van der Waals surface area (Å²) in [5.74, 6) is -0.435. The third kappa shape index (κ3) is 3.05. The molecule has 1 aromatic heterocycles. The lowest BCUT2D eigenvalue weighted by Gasteiger charge is -2.25. The van der Waals surface area contributed by atoms with Crippen LogP contribution in [0.2, 0.25) is 0 Å². The van der Waals surface area contributed by atoms with E-state index in [9.17, 15) is 14.4 Å². The highest BCUT2D eigenvalue weighted by atomic mass is 32.1. The molecule has 0 aromatic carbocycles. The molecule has 4 amide bonds. The Morgan fingerprint density at radius 1 is 1.38 bits per heavy atom. The highest BCUT2D eigenvalue weighted by Gasteiger charge is 2.49. The molecule has 24 heavy (non-hydrogen) atoms. The van der Waals surface area contributed by atoms with Crippen LogP contribution in [0.5, 0.6) is 0 Å². The zero-order valence-electron chi connectivity index (χ0n) is 14.1. The average Bonchev–Trinajstić information content (AvgIpc) is 3.23. The van der Waals surface area contributed by atoms with Gasteiger partial charge in [0.2, 0.25) is 5.91 Å². The van der Waals surface area contributed by atoms with Crippen molar-refractivity contribution in [1.29, 1.82) is 0 Å². The van der Waals surface area contributed by atoms with Crippen LogP contribution in [0.4, 0.5) is 4.79 Å². The number of hydrogen-bond donors (Lipinski definition) is 1. The lowest BCUT2D eigenvalue weighted by Crippen LogP contribution is -2.47. The Kier molecular flexibility index (Phi) is 4.62. The maximum atomic E-state index is 12.7. The fraction of sp³-hybridized carbons (Fsp3) is 0.588. The van der Waals surface area contributed by atoms with Crippen molar-refractivity contribution < 1.29 is 14.4 Å². The molecule has 1 N–H and O–H groups in total. The Labute approximate surface area is 145 Å². The Bertz CT molecular complexity index is 636. The molecule has 1 aliphatic heterocycles. The number of hydrogen-bond acceptors (Lipinski definition) is 4. The molecule has 0 bridgehead atoms. The molecule has 1 aliphatic carbocycles. The van der Waals surface area contributed by atoms with Gasteiger partial charge in [-0.25, -0.2) is 4.79 Å². The molecule has 0 spiro atoms. The lowest BCUT2D eigenvalue weighted by molar-refractivity contribution is -0.139. The molecule has 1 saturated carbocycles. The van der Waals surface area contributed by atoms with Crippen LogP contribution in [0.15, 0.2) is 17.5 Å². The number of rotatable bonds is 7. The first kappa shape index (κ1) is 17.0. The SMILES string of the molecule is CCC1(CC)NC(=O)N(CC(=O)N(Cc2cccs2)C2CC2)C1=O. The molecular weight excluding hydrogens is 326 g/mol. The first-order chi connectivity index (χ1) is 11.5. The van der Waals surface area contributed by atoms with Crippen molar-refractivity contribution in [2.24, 2.45) is 0 Å². The fourth-order valence-corrected chi connectivity index (χ4v) is 3.86. The number of amides is 4. The fourth-order valence-electron chi connectivity index (χ4n) is 3.15. The molecule has 2 aliphatic rings. The van der Waals surface area contributed by atoms with Crippen LogP contribution in [-0.2, 0) is 16.1 Å². The molecule has 130 valence electrons. The minimum absolute atomic E-state index is 0.155. The summed E-state index contributed by atoms with van der Waals surface area (Å²) in [5, 5.41) is 4.76. The van der Waals surface area contributed by atoms with Gasteiger partial charge in [0, 0.05) is 10.9 Å². The van der Waals surface area contributed by atoms with Crippen LogP contribution in [0.1, 0.15) is 44.4 Å². The van der Waals surface area contributed by atoms with Gasteiger partial charge in [-0.05, 0) is 37.1 Å². The summed E-state index contributed by atoms with van der Waals surface area (Å²) in [7, 11) is 0. The molecule has 1 saturated heterocycles. The van der Waals surface area contributed by atoms with Crippen molar-refractivity contribution in [2.45, 2.75) is 57.7 Å². The van der Waals surface area contributed by atoms with Gasteiger partial charge in [0.25, 0.3) is 5.91 Å². The first-order valence-electron chi connectivity index (χ1n) is 8.46. The third-order valence-electron chi connectivity index (χ3n) is 4.96. The Morgan fingerprint density at radius 2 is 2.08 bits per heavy atom. The summed E-state index contributed by atoms with van der Waals surface area (Å²) in [5.41, 5.74) is -0.852. The predicted molar refractivity (Wildman–Crippen MR) is 91.4 cm³/mol. The van der Waals surface area contributed by atoms with E-state index >= 15 is 0 Å². The van der Waals surface area contributed by atoms with Gasteiger partial charge in [-0.3, -0.25) is 14.5 Å². The van der Waals surface area contributed by atoms with E-state index in [4.69, 9.17) is 0 Å². The van der Waals surface area contributed by atoms with Gasteiger partial charge in [-0.15, -0.1) is 11.3 Å². The summed E-state index contributed by atoms with van der Waals surface area (Å²) in [6.07, 6.45) is 3.04. The van der Waals surface area contributed by atoms with E-state index in [1.165, 1.54) is 0 Å². The number of urea groups is 1. The third-order valence-corrected chi connectivity index (χ3v) is 5.82. The van der Waals surface area contributed by atoms with E-state index in [-0.39, 0.29) is 24.4 Å². The molecule has 0 radical (unpaired) electrons. The zero-order valence-corrected chi connectivity index (χ0v) is 14.9. The first-order valence-corrected chi connectivity index (χ1v) is 9.34. The second-order valence-electron chi connectivity index (χ2n) is 6.44. The highest BCUT2D eigenvalue weighted by molar-refractivity contribution is 7.09. The molecule has 3 rings (SSSR count). The van der Waals surface area contributed by atoms with Crippen LogP contribution < -0.4 is 5.32 Å². The highest BCUT2D eigenvalue weighted by Crippen LogP contribution is 2.30. The molecule has 1 aromatic rings. The normalized spacial score (nSPS) is 19.5. The van der Waals surface area contributed by atoms with Gasteiger partial charge in [-0.2, -0.15) is 0 Å². The summed E-state index contributed by atoms with van der Waals surface area (Å²) < 4.78 is 0. The molecule has 7 heteroatoms. The topological polar surface area (TPSA) is 69.7 Å². The number of nitrogens with zero attached hydrogens (tertiary/aromatic N) is 2. The zero-order chi connectivity index (χ0) is 17.3. The largest absolute Gasteiger partial charge is 0.333 e. The maximum Gasteiger partial charge on any atom is 0.325 e. The molecule has 2 fully saturated rings. The number of carbonyl (C=O) groups excluding carboxylic acids is 3. The van der Waals surface area contributed by atoms with Crippen molar-refractivity contribution in [2.75, 3.05) is 6.54 Å². The average molecular weight is 349 g/mol. The van der Waals surface area contributed by atoms with E-state index in [0.717, 1.165) is 22.6 Å². The number of nitrogens with one attached hydrogen (secondary N) is 1. The van der Waals surface area contributed by atoms with Gasteiger partial charge in [-0.1, -0.05) is 19.9 Å². The minimum atomic E-state index is -0.852. The Morgan fingerprint density at radius 3 is 2.58 bits per heavy atom.